The lowest BCUT2D eigenvalue weighted by atomic mass is 9.98. The second kappa shape index (κ2) is 10.2. The van der Waals surface area contributed by atoms with Gasteiger partial charge in [-0.15, -0.1) is 0 Å². The van der Waals surface area contributed by atoms with E-state index in [0.717, 1.165) is 28.0 Å². The number of rotatable bonds is 10. The van der Waals surface area contributed by atoms with Crippen molar-refractivity contribution < 1.29 is 23.8 Å². The van der Waals surface area contributed by atoms with E-state index < -0.39 is 18.1 Å². The van der Waals surface area contributed by atoms with Crippen LogP contribution >= 0.6 is 0 Å². The van der Waals surface area contributed by atoms with Gasteiger partial charge in [-0.05, 0) is 48.4 Å². The molecule has 8 nitrogen and oxygen atoms in total. The summed E-state index contributed by atoms with van der Waals surface area (Å²) in [6, 6.07) is 15.6. The van der Waals surface area contributed by atoms with Crippen LogP contribution in [-0.4, -0.2) is 41.3 Å². The lowest BCUT2D eigenvalue weighted by Gasteiger charge is -2.17. The largest absolute Gasteiger partial charge is 0.480 e. The van der Waals surface area contributed by atoms with Crippen molar-refractivity contribution in [2.24, 2.45) is 0 Å². The summed E-state index contributed by atoms with van der Waals surface area (Å²) >= 11 is 0. The van der Waals surface area contributed by atoms with Crippen molar-refractivity contribution in [1.29, 1.82) is 0 Å². The van der Waals surface area contributed by atoms with Crippen molar-refractivity contribution in [3.05, 3.63) is 71.6 Å². The highest BCUT2D eigenvalue weighted by molar-refractivity contribution is 5.81. The molecule has 1 heterocycles. The molecule has 0 spiro atoms. The monoisotopic (exact) mass is 449 g/mol. The van der Waals surface area contributed by atoms with Gasteiger partial charge in [-0.2, -0.15) is 0 Å². The average Bonchev–Trinajstić information content (AvgIpc) is 3.37. The summed E-state index contributed by atoms with van der Waals surface area (Å²) in [4.78, 5) is 28.0. The maximum atomic E-state index is 12.4. The third kappa shape index (κ3) is 5.34. The third-order valence-electron chi connectivity index (χ3n) is 5.75. The number of hydrogen-bond donors (Lipinski definition) is 3. The standard InChI is InChI=1S/C25H27N3O5/c1-16-14-27-24(33-16)26-13-7-6-12-22(23(29)30)28-25(31)32-15-21-19-10-4-2-8-17(19)18-9-3-5-11-20(18)21/h2-5,8-11,14,21-22H,6-7,12-13,15H2,1H3,(H,26,27)(H,28,31)(H,29,30)/t22-/m0/s1. The number of oxazole rings is 1. The zero-order chi connectivity index (χ0) is 23.2. The molecule has 0 aliphatic heterocycles. The van der Waals surface area contributed by atoms with E-state index in [1.54, 1.807) is 6.20 Å². The van der Waals surface area contributed by atoms with Crippen molar-refractivity contribution in [1.82, 2.24) is 10.3 Å². The molecule has 0 saturated carbocycles. The fourth-order valence-electron chi connectivity index (χ4n) is 4.14. The minimum absolute atomic E-state index is 0.0728. The molecule has 1 atom stereocenters. The van der Waals surface area contributed by atoms with E-state index in [1.165, 1.54) is 0 Å². The van der Waals surface area contributed by atoms with Crippen molar-refractivity contribution in [3.8, 4) is 11.1 Å². The highest BCUT2D eigenvalue weighted by atomic mass is 16.5. The lowest BCUT2D eigenvalue weighted by Crippen LogP contribution is -2.41. The van der Waals surface area contributed by atoms with E-state index in [4.69, 9.17) is 9.15 Å². The minimum atomic E-state index is -1.08. The second-order valence-electron chi connectivity index (χ2n) is 8.06. The van der Waals surface area contributed by atoms with Gasteiger partial charge in [0.25, 0.3) is 6.01 Å². The van der Waals surface area contributed by atoms with Crippen LogP contribution in [0, 0.1) is 6.92 Å². The molecule has 172 valence electrons. The van der Waals surface area contributed by atoms with Gasteiger partial charge in [0.2, 0.25) is 0 Å². The molecular formula is C25H27N3O5. The van der Waals surface area contributed by atoms with Crippen LogP contribution in [0.25, 0.3) is 11.1 Å². The first-order chi connectivity index (χ1) is 16.0. The number of benzene rings is 2. The molecule has 8 heteroatoms. The first-order valence-corrected chi connectivity index (χ1v) is 11.0. The van der Waals surface area contributed by atoms with E-state index in [0.29, 0.717) is 31.8 Å². The SMILES string of the molecule is Cc1cnc(NCCCC[C@H](NC(=O)OCC2c3ccccc3-c3ccccc32)C(=O)O)o1. The first-order valence-electron chi connectivity index (χ1n) is 11.0. The molecule has 0 fully saturated rings. The normalized spacial score (nSPS) is 13.1. The number of nitrogens with one attached hydrogen (secondary N) is 2. The number of carbonyl (C=O) groups is 2. The molecule has 0 unspecified atom stereocenters. The molecule has 0 radical (unpaired) electrons. The van der Waals surface area contributed by atoms with Crippen molar-refractivity contribution in [2.45, 2.75) is 38.1 Å². The number of hydrogen-bond acceptors (Lipinski definition) is 6. The van der Waals surface area contributed by atoms with Crippen LogP contribution in [0.1, 0.15) is 42.1 Å². The fourth-order valence-corrected chi connectivity index (χ4v) is 4.14. The summed E-state index contributed by atoms with van der Waals surface area (Å²) in [7, 11) is 0. The van der Waals surface area contributed by atoms with E-state index >= 15 is 0 Å². The number of carboxylic acids is 1. The van der Waals surface area contributed by atoms with Gasteiger partial charge in [0, 0.05) is 12.5 Å². The van der Waals surface area contributed by atoms with Gasteiger partial charge in [-0.1, -0.05) is 48.5 Å². The molecule has 2 aromatic carbocycles. The van der Waals surface area contributed by atoms with Gasteiger partial charge in [-0.3, -0.25) is 0 Å². The molecule has 0 saturated heterocycles. The zero-order valence-electron chi connectivity index (χ0n) is 18.4. The van der Waals surface area contributed by atoms with Gasteiger partial charge < -0.3 is 24.9 Å². The van der Waals surface area contributed by atoms with Crippen LogP contribution in [0.4, 0.5) is 10.8 Å². The molecule has 3 aromatic rings. The molecule has 3 N–H and O–H groups in total. The molecule has 33 heavy (non-hydrogen) atoms. The number of anilines is 1. The van der Waals surface area contributed by atoms with Crippen LogP contribution < -0.4 is 10.6 Å². The molecule has 1 amide bonds. The topological polar surface area (TPSA) is 114 Å². The Balaban J connectivity index is 1.26. The fraction of sp³-hybridized carbons (Fsp3) is 0.320. The number of amides is 1. The zero-order valence-corrected chi connectivity index (χ0v) is 18.4. The Hall–Kier alpha value is -3.81. The molecule has 0 bridgehead atoms. The van der Waals surface area contributed by atoms with Gasteiger partial charge in [0.15, 0.2) is 0 Å². The summed E-state index contributed by atoms with van der Waals surface area (Å²) in [5, 5.41) is 15.0. The summed E-state index contributed by atoms with van der Waals surface area (Å²) in [6.07, 6.45) is 2.51. The number of aliphatic carboxylic acids is 1. The Morgan fingerprint density at radius 3 is 2.36 bits per heavy atom. The van der Waals surface area contributed by atoms with E-state index in [1.807, 2.05) is 43.3 Å². The van der Waals surface area contributed by atoms with Crippen molar-refractivity contribution in [2.75, 3.05) is 18.5 Å². The maximum absolute atomic E-state index is 12.4. The summed E-state index contributed by atoms with van der Waals surface area (Å²) in [5.41, 5.74) is 4.49. The van der Waals surface area contributed by atoms with Crippen molar-refractivity contribution in [3.63, 3.8) is 0 Å². The molecule has 1 aliphatic carbocycles. The molecule has 1 aromatic heterocycles. The first kappa shape index (κ1) is 22.4. The molecule has 1 aliphatic rings. The average molecular weight is 450 g/mol. The number of unbranched alkanes of at least 4 members (excludes halogenated alkanes) is 1. The second-order valence-corrected chi connectivity index (χ2v) is 8.06. The quantitative estimate of drug-likeness (QED) is 0.389. The van der Waals surface area contributed by atoms with E-state index in [-0.39, 0.29) is 12.5 Å². The lowest BCUT2D eigenvalue weighted by molar-refractivity contribution is -0.139. The minimum Gasteiger partial charge on any atom is -0.480 e. The predicted molar refractivity (Wildman–Crippen MR) is 123 cm³/mol. The number of carboxylic acid groups (broad SMARTS) is 1. The Morgan fingerprint density at radius 1 is 1.09 bits per heavy atom. The smallest absolute Gasteiger partial charge is 0.407 e. The van der Waals surface area contributed by atoms with Gasteiger partial charge in [-0.25, -0.2) is 14.6 Å². The number of nitrogens with zero attached hydrogens (tertiary/aromatic N) is 1. The van der Waals surface area contributed by atoms with E-state index in [2.05, 4.69) is 27.8 Å². The highest BCUT2D eigenvalue weighted by Gasteiger charge is 2.29. The van der Waals surface area contributed by atoms with Gasteiger partial charge in [0.1, 0.15) is 18.4 Å². The van der Waals surface area contributed by atoms with E-state index in [9.17, 15) is 14.7 Å². The van der Waals surface area contributed by atoms with Crippen LogP contribution in [0.5, 0.6) is 0 Å². The summed E-state index contributed by atoms with van der Waals surface area (Å²) in [5.74, 6) is -0.438. The Bertz CT molecular complexity index is 1080. The molecule has 4 rings (SSSR count). The highest BCUT2D eigenvalue weighted by Crippen LogP contribution is 2.44. The number of ether oxygens (including phenoxy) is 1. The molecular weight excluding hydrogens is 422 g/mol. The summed E-state index contributed by atoms with van der Waals surface area (Å²) < 4.78 is 10.8. The van der Waals surface area contributed by atoms with Crippen LogP contribution in [-0.2, 0) is 9.53 Å². The Morgan fingerprint density at radius 2 is 1.76 bits per heavy atom. The number of aromatic nitrogens is 1. The Labute approximate surface area is 192 Å². The number of fused-ring (bicyclic) bond motifs is 3. The van der Waals surface area contributed by atoms with Crippen LogP contribution in [0.15, 0.2) is 59.1 Å². The van der Waals surface area contributed by atoms with Gasteiger partial charge >= 0.3 is 12.1 Å². The van der Waals surface area contributed by atoms with Gasteiger partial charge in [0.05, 0.1) is 6.20 Å². The predicted octanol–water partition coefficient (Wildman–Crippen LogP) is 4.56. The number of aryl methyl sites for hydroxylation is 1. The van der Waals surface area contributed by atoms with Crippen LogP contribution in [0.2, 0.25) is 0 Å². The maximum Gasteiger partial charge on any atom is 0.407 e. The third-order valence-corrected chi connectivity index (χ3v) is 5.75. The van der Waals surface area contributed by atoms with Crippen molar-refractivity contribution >= 4 is 18.1 Å². The summed E-state index contributed by atoms with van der Waals surface area (Å²) in [6.45, 7) is 2.55. The number of carbonyl (C=O) groups excluding carboxylic acids is 1. The Kier molecular flexibility index (Phi) is 6.92. The van der Waals surface area contributed by atoms with Crippen LogP contribution in [0.3, 0.4) is 0 Å². The number of alkyl carbamates (subject to hydrolysis) is 1.